The summed E-state index contributed by atoms with van der Waals surface area (Å²) >= 11 is 5.95. The van der Waals surface area contributed by atoms with E-state index in [1.165, 1.54) is 12.6 Å². The molecule has 4 N–H and O–H groups in total. The van der Waals surface area contributed by atoms with E-state index in [0.717, 1.165) is 46.8 Å². The molecule has 0 aliphatic rings. The van der Waals surface area contributed by atoms with Gasteiger partial charge < -0.3 is 15.9 Å². The first-order chi connectivity index (χ1) is 15.6. The maximum absolute atomic E-state index is 9.68. The van der Waals surface area contributed by atoms with Crippen molar-refractivity contribution in [3.63, 3.8) is 0 Å². The molecule has 0 saturated carbocycles. The minimum atomic E-state index is 0.104. The molecular formula is C27H38ClN3O2. The van der Waals surface area contributed by atoms with E-state index in [0.29, 0.717) is 11.6 Å². The smallest absolute Gasteiger partial charge is 0.134 e. The van der Waals surface area contributed by atoms with Crippen LogP contribution in [0.2, 0.25) is 5.02 Å². The number of halogens is 1. The van der Waals surface area contributed by atoms with E-state index in [1.54, 1.807) is 24.3 Å². The van der Waals surface area contributed by atoms with E-state index in [2.05, 4.69) is 44.2 Å². The molecule has 3 rings (SSSR count). The lowest BCUT2D eigenvalue weighted by atomic mass is 10.1. The van der Waals surface area contributed by atoms with Crippen molar-refractivity contribution in [1.29, 1.82) is 0 Å². The van der Waals surface area contributed by atoms with Crippen molar-refractivity contribution in [2.24, 2.45) is 11.7 Å². The topological polar surface area (TPSA) is 84.3 Å². The third-order valence-electron chi connectivity index (χ3n) is 5.18. The van der Waals surface area contributed by atoms with Crippen LogP contribution in [0.4, 0.5) is 0 Å². The summed E-state index contributed by atoms with van der Waals surface area (Å²) in [7, 11) is 0. The summed E-state index contributed by atoms with van der Waals surface area (Å²) in [6.45, 7) is 14.5. The maximum atomic E-state index is 9.68. The van der Waals surface area contributed by atoms with Crippen molar-refractivity contribution in [1.82, 2.24) is 9.78 Å². The summed E-state index contributed by atoms with van der Waals surface area (Å²) in [5.41, 5.74) is 9.97. The van der Waals surface area contributed by atoms with Crippen LogP contribution in [0.3, 0.4) is 0 Å². The van der Waals surface area contributed by atoms with Crippen LogP contribution >= 0.6 is 11.6 Å². The fraction of sp³-hybridized carbons (Fsp3) is 0.370. The fourth-order valence-electron chi connectivity index (χ4n) is 2.83. The Morgan fingerprint density at radius 3 is 2.30 bits per heavy atom. The van der Waals surface area contributed by atoms with Gasteiger partial charge in [0, 0.05) is 5.69 Å². The zero-order valence-electron chi connectivity index (χ0n) is 20.5. The van der Waals surface area contributed by atoms with E-state index >= 15 is 0 Å². The zero-order chi connectivity index (χ0) is 25.0. The number of hydrogen-bond donors (Lipinski definition) is 3. The number of rotatable bonds is 6. The van der Waals surface area contributed by atoms with E-state index in [1.807, 2.05) is 30.7 Å². The van der Waals surface area contributed by atoms with E-state index in [4.69, 9.17) is 11.6 Å². The van der Waals surface area contributed by atoms with Gasteiger partial charge in [0.15, 0.2) is 0 Å². The number of nitrogens with zero attached hydrogens (tertiary/aromatic N) is 2. The number of nitrogens with two attached hydrogens (primary N) is 1. The molecule has 3 aromatic rings. The Morgan fingerprint density at radius 1 is 1.09 bits per heavy atom. The van der Waals surface area contributed by atoms with Gasteiger partial charge in [-0.25, -0.2) is 0 Å². The second-order valence-electron chi connectivity index (χ2n) is 8.37. The van der Waals surface area contributed by atoms with Gasteiger partial charge in [-0.3, -0.25) is 4.68 Å². The van der Waals surface area contributed by atoms with Gasteiger partial charge in [-0.1, -0.05) is 57.5 Å². The summed E-state index contributed by atoms with van der Waals surface area (Å²) in [6, 6.07) is 12.8. The highest BCUT2D eigenvalue weighted by molar-refractivity contribution is 6.32. The molecule has 6 heteroatoms. The summed E-state index contributed by atoms with van der Waals surface area (Å²) < 4.78 is 1.96. The lowest BCUT2D eigenvalue weighted by Crippen LogP contribution is -2.06. The van der Waals surface area contributed by atoms with Crippen LogP contribution in [0.15, 0.2) is 55.2 Å². The fourth-order valence-corrected chi connectivity index (χ4v) is 3.03. The molecule has 0 aliphatic carbocycles. The first kappa shape index (κ1) is 28.1. The quantitative estimate of drug-likeness (QED) is 0.381. The normalized spacial score (nSPS) is 10.2. The minimum absolute atomic E-state index is 0.104. The Labute approximate surface area is 203 Å². The van der Waals surface area contributed by atoms with Crippen LogP contribution < -0.4 is 5.73 Å². The first-order valence-corrected chi connectivity index (χ1v) is 11.6. The molecule has 0 aliphatic heterocycles. The van der Waals surface area contributed by atoms with Gasteiger partial charge in [-0.15, -0.1) is 0 Å². The molecule has 1 heterocycles. The van der Waals surface area contributed by atoms with Crippen LogP contribution in [-0.2, 0) is 19.4 Å². The average molecular weight is 472 g/mol. The first-order valence-electron chi connectivity index (χ1n) is 11.2. The molecule has 0 radical (unpaired) electrons. The molecule has 0 spiro atoms. The van der Waals surface area contributed by atoms with Crippen molar-refractivity contribution in [3.05, 3.63) is 88.3 Å². The maximum Gasteiger partial charge on any atom is 0.134 e. The van der Waals surface area contributed by atoms with Gasteiger partial charge in [0.25, 0.3) is 0 Å². The highest BCUT2D eigenvalue weighted by Gasteiger charge is 2.08. The van der Waals surface area contributed by atoms with Gasteiger partial charge in [0.1, 0.15) is 11.5 Å². The molecule has 0 fully saturated rings. The van der Waals surface area contributed by atoms with Crippen LogP contribution in [0.25, 0.3) is 0 Å². The summed E-state index contributed by atoms with van der Waals surface area (Å²) in [5.74, 6) is 1.26. The third-order valence-corrected chi connectivity index (χ3v) is 5.49. The van der Waals surface area contributed by atoms with E-state index in [-0.39, 0.29) is 11.5 Å². The second-order valence-corrected chi connectivity index (χ2v) is 8.78. The number of aromatic nitrogens is 2. The molecule has 2 aromatic carbocycles. The van der Waals surface area contributed by atoms with Crippen molar-refractivity contribution < 1.29 is 10.2 Å². The number of hydrogen-bond acceptors (Lipinski definition) is 4. The number of benzene rings is 2. The Kier molecular flexibility index (Phi) is 12.2. The van der Waals surface area contributed by atoms with Crippen LogP contribution in [0.1, 0.15) is 55.3 Å². The van der Waals surface area contributed by atoms with Crippen LogP contribution in [0.5, 0.6) is 11.5 Å². The Morgan fingerprint density at radius 2 is 1.73 bits per heavy atom. The Bertz CT molecular complexity index is 1010. The third kappa shape index (κ3) is 10.0. The standard InChI is InChI=1S/C20H21ClN2O2.C5H12.C2H5N/c1-13-3-7-18(24)11-16(13)12-23-14(2)9-17(22-23)6-4-15-5-8-20(25)19(21)10-15;1-4-5(2)3;1-2-3/h3,5,7-11,24-25H,4,6,12H2,1-2H3;5H,4H2,1-3H3;2H,1,3H2. The number of aromatic hydroxyl groups is 2. The van der Waals surface area contributed by atoms with Crippen molar-refractivity contribution in [3.8, 4) is 11.5 Å². The monoisotopic (exact) mass is 471 g/mol. The summed E-state index contributed by atoms with van der Waals surface area (Å²) in [5, 5.41) is 24.2. The molecule has 33 heavy (non-hydrogen) atoms. The highest BCUT2D eigenvalue weighted by atomic mass is 35.5. The van der Waals surface area contributed by atoms with Gasteiger partial charge in [0.05, 0.1) is 17.3 Å². The van der Waals surface area contributed by atoms with E-state index in [9.17, 15) is 10.2 Å². The van der Waals surface area contributed by atoms with Crippen molar-refractivity contribution >= 4 is 11.6 Å². The minimum Gasteiger partial charge on any atom is -0.508 e. The molecule has 180 valence electrons. The van der Waals surface area contributed by atoms with Crippen LogP contribution in [0, 0.1) is 19.8 Å². The predicted octanol–water partition coefficient (Wildman–Crippen LogP) is 6.54. The second kappa shape index (κ2) is 14.3. The molecule has 0 bridgehead atoms. The molecule has 5 nitrogen and oxygen atoms in total. The highest BCUT2D eigenvalue weighted by Crippen LogP contribution is 2.24. The van der Waals surface area contributed by atoms with E-state index < -0.39 is 0 Å². The largest absolute Gasteiger partial charge is 0.508 e. The van der Waals surface area contributed by atoms with Gasteiger partial charge in [-0.2, -0.15) is 5.10 Å². The van der Waals surface area contributed by atoms with Crippen LogP contribution in [-0.4, -0.2) is 20.0 Å². The van der Waals surface area contributed by atoms with Crippen molar-refractivity contribution in [2.45, 2.75) is 60.4 Å². The predicted molar refractivity (Wildman–Crippen MR) is 139 cm³/mol. The van der Waals surface area contributed by atoms with Crippen molar-refractivity contribution in [2.75, 3.05) is 0 Å². The molecule has 0 saturated heterocycles. The summed E-state index contributed by atoms with van der Waals surface area (Å²) in [6.07, 6.45) is 4.16. The molecule has 1 aromatic heterocycles. The number of aryl methyl sites for hydroxylation is 4. The zero-order valence-corrected chi connectivity index (χ0v) is 21.2. The Hall–Kier alpha value is -2.92. The molecule has 0 atom stereocenters. The Balaban J connectivity index is 0.000000591. The average Bonchev–Trinajstić information content (AvgIpc) is 3.11. The van der Waals surface area contributed by atoms with Gasteiger partial charge in [0.2, 0.25) is 0 Å². The van der Waals surface area contributed by atoms with Gasteiger partial charge >= 0.3 is 0 Å². The summed E-state index contributed by atoms with van der Waals surface area (Å²) in [4.78, 5) is 0. The molecule has 0 amide bonds. The lowest BCUT2D eigenvalue weighted by Gasteiger charge is -2.08. The number of phenolic OH excluding ortho intramolecular Hbond substituents is 2. The molecular weight excluding hydrogens is 434 g/mol. The van der Waals surface area contributed by atoms with Gasteiger partial charge in [-0.05, 0) is 85.8 Å². The molecule has 0 unspecified atom stereocenters. The lowest BCUT2D eigenvalue weighted by molar-refractivity contribution is 0.473. The SMILES string of the molecule is C=CN.CCC(C)C.Cc1ccc(O)cc1Cn1nc(CCc2ccc(O)c(Cl)c2)cc1C. The number of phenols is 2.